The molecule has 0 radical (unpaired) electrons. The molecule has 0 aliphatic carbocycles. The molecule has 1 aromatic carbocycles. The van der Waals surface area contributed by atoms with Gasteiger partial charge in [-0.25, -0.2) is 18.2 Å². The maximum atomic E-state index is 11.9. The zero-order chi connectivity index (χ0) is 29.4. The fourth-order valence-electron chi connectivity index (χ4n) is 3.64. The van der Waals surface area contributed by atoms with E-state index in [1.807, 2.05) is 31.0 Å². The Labute approximate surface area is 236 Å². The molecule has 0 fully saturated rings. The minimum absolute atomic E-state index is 0.370. The minimum Gasteiger partial charge on any atom is -0.444 e. The summed E-state index contributed by atoms with van der Waals surface area (Å²) in [4.78, 5) is 18.5. The first kappa shape index (κ1) is 31.7. The molecule has 2 aromatic rings. The van der Waals surface area contributed by atoms with Gasteiger partial charge < -0.3 is 15.0 Å². The largest absolute Gasteiger partial charge is 0.444 e. The predicted molar refractivity (Wildman–Crippen MR) is 154 cm³/mol. The van der Waals surface area contributed by atoms with Crippen LogP contribution in [0.25, 0.3) is 0 Å². The Balaban J connectivity index is 2.22. The van der Waals surface area contributed by atoms with Gasteiger partial charge in [0.25, 0.3) is 0 Å². The highest BCUT2D eigenvalue weighted by Crippen LogP contribution is 2.33. The SMILES string of the molecule is CCc1c(C#N)c(SCc2ccc(N(C)S(C)(=O)=O)cc2)nc(N(C)CCCNC(=O)OC(C)(C)C)c1C#N. The smallest absolute Gasteiger partial charge is 0.407 e. The number of sulfonamides is 1. The molecule has 0 aliphatic rings. The van der Waals surface area contributed by atoms with Crippen LogP contribution in [-0.4, -0.2) is 58.5 Å². The molecule has 12 heteroatoms. The average molecular weight is 573 g/mol. The van der Waals surface area contributed by atoms with Crippen LogP contribution in [0.3, 0.4) is 0 Å². The number of hydrogen-bond acceptors (Lipinski definition) is 9. The Morgan fingerprint density at radius 1 is 1.13 bits per heavy atom. The first-order valence-electron chi connectivity index (χ1n) is 12.4. The standard InChI is InChI=1S/C27H36N6O4S2/c1-8-21-22(16-28)24(32(5)15-9-14-30-26(34)37-27(2,3)4)31-25(23(21)17-29)38-18-19-10-12-20(13-11-19)33(6)39(7,35)36/h10-13H,8-9,14-15,18H2,1-7H3,(H,30,34). The Morgan fingerprint density at radius 2 is 1.74 bits per heavy atom. The zero-order valence-corrected chi connectivity index (χ0v) is 25.2. The van der Waals surface area contributed by atoms with E-state index >= 15 is 0 Å². The van der Waals surface area contributed by atoms with E-state index in [1.54, 1.807) is 32.9 Å². The summed E-state index contributed by atoms with van der Waals surface area (Å²) >= 11 is 1.39. The lowest BCUT2D eigenvalue weighted by molar-refractivity contribution is 0.0527. The number of nitriles is 2. The summed E-state index contributed by atoms with van der Waals surface area (Å²) in [6, 6.07) is 11.6. The number of nitrogens with one attached hydrogen (secondary N) is 1. The van der Waals surface area contributed by atoms with Crippen molar-refractivity contribution in [1.82, 2.24) is 10.3 Å². The van der Waals surface area contributed by atoms with E-state index < -0.39 is 21.7 Å². The molecule has 0 spiro atoms. The normalized spacial score (nSPS) is 11.3. The quantitative estimate of drug-likeness (QED) is 0.306. The summed E-state index contributed by atoms with van der Waals surface area (Å²) in [5.74, 6) is 0.987. The highest BCUT2D eigenvalue weighted by atomic mass is 32.2. The second-order valence-corrected chi connectivity index (χ2v) is 12.9. The number of carbonyl (C=O) groups excluding carboxylic acids is 1. The molecule has 210 valence electrons. The molecular weight excluding hydrogens is 536 g/mol. The molecule has 0 unspecified atom stereocenters. The Hall–Kier alpha value is -3.48. The summed E-state index contributed by atoms with van der Waals surface area (Å²) in [6.07, 6.45) is 1.76. The molecule has 2 rings (SSSR count). The first-order valence-corrected chi connectivity index (χ1v) is 15.3. The van der Waals surface area contributed by atoms with Crippen LogP contribution >= 0.6 is 11.8 Å². The van der Waals surface area contributed by atoms with Gasteiger partial charge in [-0.2, -0.15) is 10.5 Å². The number of nitrogens with zero attached hydrogens (tertiary/aromatic N) is 5. The third kappa shape index (κ3) is 9.05. The number of amides is 1. The van der Waals surface area contributed by atoms with Crippen LogP contribution in [0.4, 0.5) is 16.3 Å². The number of pyridine rings is 1. The van der Waals surface area contributed by atoms with Gasteiger partial charge in [-0.05, 0) is 56.9 Å². The highest BCUT2D eigenvalue weighted by molar-refractivity contribution is 7.98. The van der Waals surface area contributed by atoms with Gasteiger partial charge in [0.05, 0.1) is 23.1 Å². The van der Waals surface area contributed by atoms with E-state index in [2.05, 4.69) is 17.5 Å². The van der Waals surface area contributed by atoms with Crippen LogP contribution in [-0.2, 0) is 26.9 Å². The lowest BCUT2D eigenvalue weighted by Crippen LogP contribution is -2.34. The molecule has 0 bridgehead atoms. The number of hydrogen-bond donors (Lipinski definition) is 1. The van der Waals surface area contributed by atoms with Crippen LogP contribution < -0.4 is 14.5 Å². The molecular formula is C27H36N6O4S2. The molecule has 39 heavy (non-hydrogen) atoms. The Morgan fingerprint density at radius 3 is 2.26 bits per heavy atom. The third-order valence-electron chi connectivity index (χ3n) is 5.70. The van der Waals surface area contributed by atoms with Crippen molar-refractivity contribution in [1.29, 1.82) is 10.5 Å². The third-order valence-corrected chi connectivity index (χ3v) is 7.95. The predicted octanol–water partition coefficient (Wildman–Crippen LogP) is 4.43. The number of aromatic nitrogens is 1. The van der Waals surface area contributed by atoms with E-state index in [0.29, 0.717) is 64.9 Å². The van der Waals surface area contributed by atoms with Crippen LogP contribution in [0.2, 0.25) is 0 Å². The Bertz CT molecular complexity index is 1360. The van der Waals surface area contributed by atoms with E-state index in [0.717, 1.165) is 11.8 Å². The van der Waals surface area contributed by atoms with Crippen molar-refractivity contribution in [3.8, 4) is 12.1 Å². The maximum absolute atomic E-state index is 11.9. The second kappa shape index (κ2) is 13.5. The van der Waals surface area contributed by atoms with Crippen molar-refractivity contribution < 1.29 is 17.9 Å². The maximum Gasteiger partial charge on any atom is 0.407 e. The van der Waals surface area contributed by atoms with Crippen LogP contribution in [0.15, 0.2) is 29.3 Å². The lowest BCUT2D eigenvalue weighted by Gasteiger charge is -2.23. The van der Waals surface area contributed by atoms with E-state index in [1.165, 1.54) is 23.1 Å². The molecule has 1 aromatic heterocycles. The number of carbonyl (C=O) groups is 1. The van der Waals surface area contributed by atoms with Crippen LogP contribution in [0.5, 0.6) is 0 Å². The highest BCUT2D eigenvalue weighted by Gasteiger charge is 2.22. The van der Waals surface area contributed by atoms with Crippen molar-refractivity contribution in [2.75, 3.05) is 42.6 Å². The Kier molecular flexibility index (Phi) is 11.0. The van der Waals surface area contributed by atoms with Crippen LogP contribution in [0, 0.1) is 22.7 Å². The fourth-order valence-corrected chi connectivity index (χ4v) is 5.10. The van der Waals surface area contributed by atoms with Crippen molar-refractivity contribution in [2.45, 2.75) is 56.9 Å². The van der Waals surface area contributed by atoms with E-state index in [4.69, 9.17) is 9.72 Å². The van der Waals surface area contributed by atoms with Crippen molar-refractivity contribution in [3.05, 3.63) is 46.5 Å². The van der Waals surface area contributed by atoms with Gasteiger partial charge in [0, 0.05) is 32.9 Å². The molecule has 0 saturated carbocycles. The van der Waals surface area contributed by atoms with Gasteiger partial charge >= 0.3 is 6.09 Å². The monoisotopic (exact) mass is 572 g/mol. The van der Waals surface area contributed by atoms with Crippen molar-refractivity contribution in [3.63, 3.8) is 0 Å². The number of ether oxygens (including phenoxy) is 1. The van der Waals surface area contributed by atoms with Gasteiger partial charge in [0.2, 0.25) is 10.0 Å². The number of rotatable bonds is 11. The number of thioether (sulfide) groups is 1. The minimum atomic E-state index is -3.36. The second-order valence-electron chi connectivity index (χ2n) is 9.94. The summed E-state index contributed by atoms with van der Waals surface area (Å²) in [5.41, 5.74) is 2.32. The van der Waals surface area contributed by atoms with E-state index in [-0.39, 0.29) is 0 Å². The van der Waals surface area contributed by atoms with Crippen molar-refractivity contribution in [2.24, 2.45) is 0 Å². The topological polar surface area (TPSA) is 139 Å². The summed E-state index contributed by atoms with van der Waals surface area (Å²) in [5, 5.41) is 23.1. The first-order chi connectivity index (χ1) is 18.2. The summed E-state index contributed by atoms with van der Waals surface area (Å²) < 4.78 is 30.0. The molecule has 0 saturated heterocycles. The van der Waals surface area contributed by atoms with Gasteiger partial charge in [-0.1, -0.05) is 19.1 Å². The molecule has 1 amide bonds. The molecule has 10 nitrogen and oxygen atoms in total. The summed E-state index contributed by atoms with van der Waals surface area (Å²) in [6.45, 7) is 8.21. The summed E-state index contributed by atoms with van der Waals surface area (Å²) in [7, 11) is -0.0325. The molecule has 1 N–H and O–H groups in total. The zero-order valence-electron chi connectivity index (χ0n) is 23.5. The molecule has 0 aliphatic heterocycles. The van der Waals surface area contributed by atoms with Gasteiger partial charge in [-0.3, -0.25) is 4.31 Å². The van der Waals surface area contributed by atoms with Crippen LogP contribution in [0.1, 0.15) is 56.4 Å². The van der Waals surface area contributed by atoms with Gasteiger partial charge in [0.15, 0.2) is 0 Å². The molecule has 1 heterocycles. The lowest BCUT2D eigenvalue weighted by atomic mass is 10.0. The fraction of sp³-hybridized carbons (Fsp3) is 0.481. The molecule has 0 atom stereocenters. The van der Waals surface area contributed by atoms with Gasteiger partial charge in [-0.15, -0.1) is 11.8 Å². The number of benzene rings is 1. The van der Waals surface area contributed by atoms with Gasteiger partial charge in [0.1, 0.15) is 28.6 Å². The average Bonchev–Trinajstić information content (AvgIpc) is 2.86. The number of anilines is 2. The van der Waals surface area contributed by atoms with E-state index in [9.17, 15) is 23.7 Å². The number of alkyl carbamates (subject to hydrolysis) is 1. The van der Waals surface area contributed by atoms with Crippen molar-refractivity contribution >= 4 is 39.4 Å².